The van der Waals surface area contributed by atoms with Gasteiger partial charge in [-0.1, -0.05) is 41.9 Å². The van der Waals surface area contributed by atoms with E-state index >= 15 is 0 Å². The van der Waals surface area contributed by atoms with Gasteiger partial charge in [-0.3, -0.25) is 0 Å². The van der Waals surface area contributed by atoms with Crippen LogP contribution in [0.4, 0.5) is 0 Å². The lowest BCUT2D eigenvalue weighted by atomic mass is 9.72. The van der Waals surface area contributed by atoms with Gasteiger partial charge < -0.3 is 0 Å². The quantitative estimate of drug-likeness (QED) is 0.436. The van der Waals surface area contributed by atoms with Crippen molar-refractivity contribution in [3.8, 4) is 0 Å². The van der Waals surface area contributed by atoms with Gasteiger partial charge in [0.05, 0.1) is 0 Å². The molecule has 0 bridgehead atoms. The van der Waals surface area contributed by atoms with E-state index in [2.05, 4.69) is 40.3 Å². The first kappa shape index (κ1) is 15.6. The normalized spacial score (nSPS) is 35.0. The van der Waals surface area contributed by atoms with Crippen LogP contribution in [-0.4, -0.2) is 0 Å². The van der Waals surface area contributed by atoms with E-state index in [4.69, 9.17) is 0 Å². The zero-order valence-electron chi connectivity index (χ0n) is 14.0. The highest BCUT2D eigenvalue weighted by Crippen LogP contribution is 2.53. The molecule has 0 nitrogen and oxygen atoms in total. The largest absolute Gasteiger partial charge is 0.0999 e. The Morgan fingerprint density at radius 3 is 2.55 bits per heavy atom. The Kier molecular flexibility index (Phi) is 4.94. The summed E-state index contributed by atoms with van der Waals surface area (Å²) >= 11 is 0. The highest BCUT2D eigenvalue weighted by Gasteiger charge is 2.41. The van der Waals surface area contributed by atoms with Crippen LogP contribution in [0, 0.1) is 11.3 Å². The lowest BCUT2D eigenvalue weighted by Gasteiger charge is -2.33. The minimum atomic E-state index is 0.520. The van der Waals surface area contributed by atoms with Crippen LogP contribution in [0.1, 0.15) is 79.1 Å². The average molecular weight is 272 g/mol. The summed E-state index contributed by atoms with van der Waals surface area (Å²) in [6, 6.07) is 0. The van der Waals surface area contributed by atoms with Crippen LogP contribution in [0.25, 0.3) is 0 Å². The SMILES string of the molecule is C=C1CC/C=C(/C)CC[C@]2(C)CCC(=C(C)C)[C@H]2CC1. The summed E-state index contributed by atoms with van der Waals surface area (Å²) in [6.07, 6.45) is 12.8. The van der Waals surface area contributed by atoms with Crippen LogP contribution in [0.3, 0.4) is 0 Å². The summed E-state index contributed by atoms with van der Waals surface area (Å²) in [5.74, 6) is 0.801. The first-order valence-corrected chi connectivity index (χ1v) is 8.41. The van der Waals surface area contributed by atoms with Crippen LogP contribution in [-0.2, 0) is 0 Å². The molecule has 20 heavy (non-hydrogen) atoms. The summed E-state index contributed by atoms with van der Waals surface area (Å²) in [6.45, 7) is 13.8. The Morgan fingerprint density at radius 2 is 1.85 bits per heavy atom. The lowest BCUT2D eigenvalue weighted by molar-refractivity contribution is 0.216. The predicted octanol–water partition coefficient (Wildman–Crippen LogP) is 6.60. The van der Waals surface area contributed by atoms with E-state index in [1.54, 1.807) is 16.7 Å². The van der Waals surface area contributed by atoms with Crippen molar-refractivity contribution in [1.29, 1.82) is 0 Å². The summed E-state index contributed by atoms with van der Waals surface area (Å²) in [7, 11) is 0. The molecule has 0 saturated heterocycles. The molecule has 0 spiro atoms. The Hall–Kier alpha value is -0.780. The van der Waals surface area contributed by atoms with Crippen molar-refractivity contribution in [2.45, 2.75) is 79.1 Å². The molecule has 0 heterocycles. The minimum Gasteiger partial charge on any atom is -0.0999 e. The number of allylic oxidation sites excluding steroid dienone is 5. The second-order valence-electron chi connectivity index (χ2n) is 7.61. The molecule has 2 atom stereocenters. The summed E-state index contributed by atoms with van der Waals surface area (Å²) in [5, 5.41) is 0. The molecule has 2 aliphatic rings. The molecule has 0 aromatic carbocycles. The fourth-order valence-corrected chi connectivity index (χ4v) is 4.19. The molecule has 0 aliphatic heterocycles. The second kappa shape index (κ2) is 6.33. The minimum absolute atomic E-state index is 0.520. The predicted molar refractivity (Wildman–Crippen MR) is 89.8 cm³/mol. The number of hydrogen-bond acceptors (Lipinski definition) is 0. The van der Waals surface area contributed by atoms with E-state index in [0.29, 0.717) is 5.41 Å². The van der Waals surface area contributed by atoms with Gasteiger partial charge in [0, 0.05) is 0 Å². The standard InChI is InChI=1S/C20H32/c1-15(2)18-12-14-20(5)13-11-17(4)8-6-7-16(3)9-10-19(18)20/h8,19H,3,6-7,9-14H2,1-2,4-5H3/b17-8-/t19-,20-/m1/s1. The molecular weight excluding hydrogens is 240 g/mol. The Balaban J connectivity index is 2.26. The van der Waals surface area contributed by atoms with E-state index in [1.807, 2.05) is 0 Å². The van der Waals surface area contributed by atoms with Gasteiger partial charge in [0.1, 0.15) is 0 Å². The summed E-state index contributed by atoms with van der Waals surface area (Å²) in [4.78, 5) is 0. The highest BCUT2D eigenvalue weighted by atomic mass is 14.5. The van der Waals surface area contributed by atoms with Gasteiger partial charge >= 0.3 is 0 Å². The molecule has 0 amide bonds. The van der Waals surface area contributed by atoms with Gasteiger partial charge in [-0.2, -0.15) is 0 Å². The van der Waals surface area contributed by atoms with Crippen molar-refractivity contribution in [2.24, 2.45) is 11.3 Å². The molecule has 0 N–H and O–H groups in total. The van der Waals surface area contributed by atoms with Crippen LogP contribution in [0.2, 0.25) is 0 Å². The molecule has 0 unspecified atom stereocenters. The van der Waals surface area contributed by atoms with Gasteiger partial charge in [0.15, 0.2) is 0 Å². The Morgan fingerprint density at radius 1 is 1.15 bits per heavy atom. The van der Waals surface area contributed by atoms with Crippen molar-refractivity contribution in [3.05, 3.63) is 34.9 Å². The molecule has 112 valence electrons. The van der Waals surface area contributed by atoms with Crippen LogP contribution < -0.4 is 0 Å². The van der Waals surface area contributed by atoms with E-state index in [9.17, 15) is 0 Å². The van der Waals surface area contributed by atoms with Crippen LogP contribution >= 0.6 is 0 Å². The van der Waals surface area contributed by atoms with Gasteiger partial charge in [-0.05, 0) is 83.5 Å². The Bertz CT molecular complexity index is 431. The molecule has 0 heteroatoms. The molecule has 0 radical (unpaired) electrons. The van der Waals surface area contributed by atoms with Crippen LogP contribution in [0.5, 0.6) is 0 Å². The lowest BCUT2D eigenvalue weighted by Crippen LogP contribution is -2.23. The number of fused-ring (bicyclic) bond motifs is 1. The molecule has 1 fully saturated rings. The molecule has 2 aliphatic carbocycles. The van der Waals surface area contributed by atoms with E-state index in [1.165, 1.54) is 56.9 Å². The van der Waals surface area contributed by atoms with Gasteiger partial charge in [0.2, 0.25) is 0 Å². The van der Waals surface area contributed by atoms with Gasteiger partial charge in [0.25, 0.3) is 0 Å². The van der Waals surface area contributed by atoms with Crippen molar-refractivity contribution in [3.63, 3.8) is 0 Å². The summed E-state index contributed by atoms with van der Waals surface area (Å²) in [5.41, 5.74) is 6.91. The van der Waals surface area contributed by atoms with Crippen molar-refractivity contribution >= 4 is 0 Å². The zero-order valence-corrected chi connectivity index (χ0v) is 14.0. The molecule has 1 saturated carbocycles. The fraction of sp³-hybridized carbons (Fsp3) is 0.700. The third-order valence-corrected chi connectivity index (χ3v) is 5.74. The van der Waals surface area contributed by atoms with Gasteiger partial charge in [-0.25, -0.2) is 0 Å². The fourth-order valence-electron chi connectivity index (χ4n) is 4.19. The molecular formula is C20H32. The van der Waals surface area contributed by atoms with Gasteiger partial charge in [-0.15, -0.1) is 0 Å². The molecule has 2 rings (SSSR count). The first-order valence-electron chi connectivity index (χ1n) is 8.41. The second-order valence-corrected chi connectivity index (χ2v) is 7.61. The van der Waals surface area contributed by atoms with Crippen molar-refractivity contribution in [2.75, 3.05) is 0 Å². The van der Waals surface area contributed by atoms with E-state index < -0.39 is 0 Å². The monoisotopic (exact) mass is 272 g/mol. The average Bonchev–Trinajstić information content (AvgIpc) is 2.70. The number of hydrogen-bond donors (Lipinski definition) is 0. The maximum atomic E-state index is 4.31. The maximum absolute atomic E-state index is 4.31. The third-order valence-electron chi connectivity index (χ3n) is 5.74. The highest BCUT2D eigenvalue weighted by molar-refractivity contribution is 5.23. The third kappa shape index (κ3) is 3.45. The molecule has 0 aromatic heterocycles. The zero-order chi connectivity index (χ0) is 14.8. The van der Waals surface area contributed by atoms with E-state index in [0.717, 1.165) is 5.92 Å². The van der Waals surface area contributed by atoms with Crippen LogP contribution in [0.15, 0.2) is 34.9 Å². The molecule has 0 aromatic rings. The maximum Gasteiger partial charge on any atom is -0.0143 e. The number of rotatable bonds is 0. The van der Waals surface area contributed by atoms with Crippen molar-refractivity contribution in [1.82, 2.24) is 0 Å². The van der Waals surface area contributed by atoms with E-state index in [-0.39, 0.29) is 0 Å². The van der Waals surface area contributed by atoms with Crippen molar-refractivity contribution < 1.29 is 0 Å². The summed E-state index contributed by atoms with van der Waals surface area (Å²) < 4.78 is 0. The smallest absolute Gasteiger partial charge is 0.0143 e. The Labute approximate surface area is 126 Å². The topological polar surface area (TPSA) is 0 Å². The first-order chi connectivity index (χ1) is 9.42.